The summed E-state index contributed by atoms with van der Waals surface area (Å²) in [6, 6.07) is 9.36. The van der Waals surface area contributed by atoms with Gasteiger partial charge in [-0.05, 0) is 30.9 Å². The molecule has 1 aromatic rings. The summed E-state index contributed by atoms with van der Waals surface area (Å²) in [5.41, 5.74) is 6.57. The van der Waals surface area contributed by atoms with Crippen LogP contribution in [0.1, 0.15) is 30.7 Å². The number of methoxy groups -OCH3 is 1. The topological polar surface area (TPSA) is 81.4 Å². The second-order valence-corrected chi connectivity index (χ2v) is 5.76. The van der Waals surface area contributed by atoms with E-state index >= 15 is 0 Å². The first-order valence-electron chi connectivity index (χ1n) is 7.78. The van der Waals surface area contributed by atoms with E-state index in [2.05, 4.69) is 5.32 Å². The highest BCUT2D eigenvalue weighted by molar-refractivity contribution is 5.85. The summed E-state index contributed by atoms with van der Waals surface area (Å²) in [7, 11) is 1.36. The molecule has 0 bridgehead atoms. The van der Waals surface area contributed by atoms with E-state index in [0.29, 0.717) is 6.54 Å². The molecule has 5 nitrogen and oxygen atoms in total. The molecule has 128 valence electrons. The molecule has 1 aliphatic rings. The molecule has 0 heterocycles. The average molecular weight is 341 g/mol. The first-order valence-corrected chi connectivity index (χ1v) is 7.78. The molecular weight excluding hydrogens is 316 g/mol. The van der Waals surface area contributed by atoms with Crippen LogP contribution in [-0.2, 0) is 14.3 Å². The lowest BCUT2D eigenvalue weighted by Crippen LogP contribution is -2.38. The molecule has 1 unspecified atom stereocenters. The van der Waals surface area contributed by atoms with Crippen LogP contribution in [0.25, 0.3) is 0 Å². The average Bonchev–Trinajstić information content (AvgIpc) is 3.04. The Morgan fingerprint density at radius 2 is 2.00 bits per heavy atom. The van der Waals surface area contributed by atoms with Gasteiger partial charge in [-0.2, -0.15) is 0 Å². The van der Waals surface area contributed by atoms with Crippen molar-refractivity contribution in [1.82, 2.24) is 5.32 Å². The summed E-state index contributed by atoms with van der Waals surface area (Å²) in [5, 5.41) is 2.91. The monoisotopic (exact) mass is 340 g/mol. The van der Waals surface area contributed by atoms with E-state index in [0.717, 1.165) is 24.8 Å². The van der Waals surface area contributed by atoms with Crippen molar-refractivity contribution >= 4 is 24.3 Å². The Labute approximate surface area is 143 Å². The van der Waals surface area contributed by atoms with Gasteiger partial charge in [0, 0.05) is 12.5 Å². The summed E-state index contributed by atoms with van der Waals surface area (Å²) in [5.74, 6) is -0.591. The van der Waals surface area contributed by atoms with Gasteiger partial charge < -0.3 is 15.8 Å². The molecule has 0 radical (unpaired) electrons. The van der Waals surface area contributed by atoms with Crippen LogP contribution >= 0.6 is 12.4 Å². The van der Waals surface area contributed by atoms with Gasteiger partial charge in [0.05, 0.1) is 13.0 Å². The summed E-state index contributed by atoms with van der Waals surface area (Å²) in [6.07, 6.45) is 2.93. The SMILES string of the molecule is COC(=O)C(CNC(=O)[C@@H]1CCC[C@@H]1CN)c1ccccc1.Cl. The van der Waals surface area contributed by atoms with Crippen molar-refractivity contribution in [2.45, 2.75) is 25.2 Å². The van der Waals surface area contributed by atoms with E-state index in [1.807, 2.05) is 30.3 Å². The largest absolute Gasteiger partial charge is 0.468 e. The number of carbonyl (C=O) groups excluding carboxylic acids is 2. The number of ether oxygens (including phenoxy) is 1. The van der Waals surface area contributed by atoms with E-state index in [9.17, 15) is 9.59 Å². The van der Waals surface area contributed by atoms with Gasteiger partial charge in [0.25, 0.3) is 0 Å². The van der Waals surface area contributed by atoms with Crippen LogP contribution in [0.5, 0.6) is 0 Å². The lowest BCUT2D eigenvalue weighted by atomic mass is 9.94. The highest BCUT2D eigenvalue weighted by Gasteiger charge is 2.32. The predicted octanol–water partition coefficient (Wildman–Crippen LogP) is 1.86. The van der Waals surface area contributed by atoms with Crippen molar-refractivity contribution in [1.29, 1.82) is 0 Å². The molecule has 1 amide bonds. The van der Waals surface area contributed by atoms with Crippen molar-refractivity contribution < 1.29 is 14.3 Å². The number of esters is 1. The van der Waals surface area contributed by atoms with Gasteiger partial charge in [0.1, 0.15) is 0 Å². The standard InChI is InChI=1S/C17H24N2O3.ClH/c1-22-17(21)15(12-6-3-2-4-7-12)11-19-16(20)14-9-5-8-13(14)10-18;/h2-4,6-7,13-15H,5,8-11,18H2,1H3,(H,19,20);1H/t13-,14-,15?;/m1./s1. The minimum absolute atomic E-state index is 0. The fourth-order valence-electron chi connectivity index (χ4n) is 3.16. The molecule has 1 saturated carbocycles. The Bertz CT molecular complexity index is 510. The number of nitrogens with one attached hydrogen (secondary N) is 1. The number of hydrogen-bond donors (Lipinski definition) is 2. The third-order valence-corrected chi connectivity index (χ3v) is 4.47. The summed E-state index contributed by atoms with van der Waals surface area (Å²) in [4.78, 5) is 24.3. The summed E-state index contributed by atoms with van der Waals surface area (Å²) < 4.78 is 4.86. The van der Waals surface area contributed by atoms with Crippen LogP contribution < -0.4 is 11.1 Å². The minimum Gasteiger partial charge on any atom is -0.468 e. The summed E-state index contributed by atoms with van der Waals surface area (Å²) in [6.45, 7) is 0.792. The quantitative estimate of drug-likeness (QED) is 0.774. The van der Waals surface area contributed by atoms with Crippen molar-refractivity contribution in [2.24, 2.45) is 17.6 Å². The highest BCUT2D eigenvalue weighted by atomic mass is 35.5. The Morgan fingerprint density at radius 3 is 2.61 bits per heavy atom. The molecule has 1 aliphatic carbocycles. The maximum atomic E-state index is 12.3. The number of halogens is 1. The van der Waals surface area contributed by atoms with E-state index in [4.69, 9.17) is 10.5 Å². The van der Waals surface area contributed by atoms with Gasteiger partial charge >= 0.3 is 5.97 Å². The molecule has 23 heavy (non-hydrogen) atoms. The summed E-state index contributed by atoms with van der Waals surface area (Å²) >= 11 is 0. The number of rotatable bonds is 6. The number of benzene rings is 1. The van der Waals surface area contributed by atoms with Crippen LogP contribution in [0.15, 0.2) is 30.3 Å². The first kappa shape index (κ1) is 19.5. The van der Waals surface area contributed by atoms with E-state index in [-0.39, 0.29) is 42.7 Å². The van der Waals surface area contributed by atoms with Gasteiger partial charge in [-0.1, -0.05) is 36.8 Å². The first-order chi connectivity index (χ1) is 10.7. The number of hydrogen-bond acceptors (Lipinski definition) is 4. The fraction of sp³-hybridized carbons (Fsp3) is 0.529. The van der Waals surface area contributed by atoms with Crippen molar-refractivity contribution in [3.8, 4) is 0 Å². The Kier molecular flexibility index (Phi) is 8.06. The zero-order valence-electron chi connectivity index (χ0n) is 13.4. The second kappa shape index (κ2) is 9.53. The highest BCUT2D eigenvalue weighted by Crippen LogP contribution is 2.31. The maximum absolute atomic E-state index is 12.3. The number of amides is 1. The van der Waals surface area contributed by atoms with Crippen molar-refractivity contribution in [2.75, 3.05) is 20.2 Å². The van der Waals surface area contributed by atoms with Crippen molar-refractivity contribution in [3.63, 3.8) is 0 Å². The number of carbonyl (C=O) groups is 2. The molecule has 1 fully saturated rings. The molecule has 0 saturated heterocycles. The minimum atomic E-state index is -0.479. The number of nitrogens with two attached hydrogens (primary N) is 1. The normalized spacial score (nSPS) is 21.1. The Morgan fingerprint density at radius 1 is 1.30 bits per heavy atom. The van der Waals surface area contributed by atoms with Gasteiger partial charge in [-0.15, -0.1) is 12.4 Å². The van der Waals surface area contributed by atoms with E-state index < -0.39 is 5.92 Å². The molecule has 0 spiro atoms. The molecular formula is C17H25ClN2O3. The zero-order valence-corrected chi connectivity index (χ0v) is 14.2. The maximum Gasteiger partial charge on any atom is 0.314 e. The molecule has 1 aromatic carbocycles. The van der Waals surface area contributed by atoms with E-state index in [1.165, 1.54) is 7.11 Å². The van der Waals surface area contributed by atoms with Crippen LogP contribution in [-0.4, -0.2) is 32.1 Å². The molecule has 3 atom stereocenters. The van der Waals surface area contributed by atoms with Crippen LogP contribution in [0, 0.1) is 11.8 Å². The fourth-order valence-corrected chi connectivity index (χ4v) is 3.16. The molecule has 0 aromatic heterocycles. The van der Waals surface area contributed by atoms with E-state index in [1.54, 1.807) is 0 Å². The third-order valence-electron chi connectivity index (χ3n) is 4.47. The Balaban J connectivity index is 0.00000264. The zero-order chi connectivity index (χ0) is 15.9. The van der Waals surface area contributed by atoms with Gasteiger partial charge in [0.15, 0.2) is 0 Å². The lowest BCUT2D eigenvalue weighted by Gasteiger charge is -2.20. The third kappa shape index (κ3) is 4.94. The van der Waals surface area contributed by atoms with Gasteiger partial charge in [-0.3, -0.25) is 9.59 Å². The molecule has 3 N–H and O–H groups in total. The molecule has 2 rings (SSSR count). The van der Waals surface area contributed by atoms with Gasteiger partial charge in [0.2, 0.25) is 5.91 Å². The van der Waals surface area contributed by atoms with Crippen molar-refractivity contribution in [3.05, 3.63) is 35.9 Å². The Hall–Kier alpha value is -1.59. The molecule has 0 aliphatic heterocycles. The second-order valence-electron chi connectivity index (χ2n) is 5.76. The molecule has 6 heteroatoms. The van der Waals surface area contributed by atoms with Gasteiger partial charge in [-0.25, -0.2) is 0 Å². The predicted molar refractivity (Wildman–Crippen MR) is 91.3 cm³/mol. The van der Waals surface area contributed by atoms with Crippen LogP contribution in [0.2, 0.25) is 0 Å². The van der Waals surface area contributed by atoms with Crippen LogP contribution in [0.3, 0.4) is 0 Å². The smallest absolute Gasteiger partial charge is 0.314 e. The lowest BCUT2D eigenvalue weighted by molar-refractivity contribution is -0.142. The van der Waals surface area contributed by atoms with Crippen LogP contribution in [0.4, 0.5) is 0 Å².